The van der Waals surface area contributed by atoms with Gasteiger partial charge in [0.15, 0.2) is 0 Å². The fourth-order valence-corrected chi connectivity index (χ4v) is 3.30. The van der Waals surface area contributed by atoms with Crippen LogP contribution in [0.2, 0.25) is 0 Å². The number of aromatic amines is 1. The molecule has 2 heterocycles. The van der Waals surface area contributed by atoms with Crippen molar-refractivity contribution in [2.45, 2.75) is 32.8 Å². The lowest BCUT2D eigenvalue weighted by Gasteiger charge is -2.35. The van der Waals surface area contributed by atoms with Crippen LogP contribution in [0.3, 0.4) is 0 Å². The van der Waals surface area contributed by atoms with Crippen molar-refractivity contribution < 1.29 is 9.90 Å². The summed E-state index contributed by atoms with van der Waals surface area (Å²) in [6, 6.07) is 8.30. The van der Waals surface area contributed by atoms with Gasteiger partial charge in [-0.1, -0.05) is 26.0 Å². The van der Waals surface area contributed by atoms with Crippen molar-refractivity contribution in [3.63, 3.8) is 0 Å². The minimum absolute atomic E-state index is 0.0639. The summed E-state index contributed by atoms with van der Waals surface area (Å²) in [5.74, 6) is 0.535. The third-order valence-electron chi connectivity index (χ3n) is 4.73. The molecule has 1 amide bonds. The maximum atomic E-state index is 12.7. The first-order valence-corrected chi connectivity index (χ1v) is 8.76. The van der Waals surface area contributed by atoms with E-state index in [-0.39, 0.29) is 12.0 Å². The molecule has 0 aliphatic carbocycles. The standard InChI is InChI=1S/C19H27N3O2/c1-13(2)15-4-5-16-11-18(20-17(16)10-15)19(24)22-8-6-21(7-9-22)12-14(3)23/h4-5,10-11,13-14,20,23H,6-9,12H2,1-3H3. The fourth-order valence-electron chi connectivity index (χ4n) is 3.30. The van der Waals surface area contributed by atoms with E-state index in [0.717, 1.165) is 24.0 Å². The molecule has 2 N–H and O–H groups in total. The molecule has 1 fully saturated rings. The highest BCUT2D eigenvalue weighted by atomic mass is 16.3. The van der Waals surface area contributed by atoms with E-state index in [0.29, 0.717) is 31.2 Å². The summed E-state index contributed by atoms with van der Waals surface area (Å²) in [6.07, 6.45) is -0.323. The smallest absolute Gasteiger partial charge is 0.270 e. The van der Waals surface area contributed by atoms with Gasteiger partial charge in [0.05, 0.1) is 6.10 Å². The molecule has 1 saturated heterocycles. The molecule has 1 aliphatic heterocycles. The van der Waals surface area contributed by atoms with Crippen LogP contribution < -0.4 is 0 Å². The van der Waals surface area contributed by atoms with E-state index in [2.05, 4.69) is 41.9 Å². The Hall–Kier alpha value is -1.85. The van der Waals surface area contributed by atoms with E-state index in [4.69, 9.17) is 0 Å². The molecule has 0 saturated carbocycles. The fraction of sp³-hybridized carbons (Fsp3) is 0.526. The highest BCUT2D eigenvalue weighted by molar-refractivity contribution is 5.98. The van der Waals surface area contributed by atoms with E-state index in [1.807, 2.05) is 11.0 Å². The maximum absolute atomic E-state index is 12.7. The summed E-state index contributed by atoms with van der Waals surface area (Å²) in [4.78, 5) is 20.1. The van der Waals surface area contributed by atoms with Crippen LogP contribution in [-0.2, 0) is 0 Å². The average molecular weight is 329 g/mol. The Kier molecular flexibility index (Phi) is 4.92. The molecule has 5 heteroatoms. The Morgan fingerprint density at radius 1 is 1.17 bits per heavy atom. The van der Waals surface area contributed by atoms with Crippen LogP contribution >= 0.6 is 0 Å². The number of aromatic nitrogens is 1. The zero-order valence-electron chi connectivity index (χ0n) is 14.7. The first kappa shape index (κ1) is 17.0. The quantitative estimate of drug-likeness (QED) is 0.906. The predicted octanol–water partition coefficient (Wildman–Crippen LogP) is 2.43. The van der Waals surface area contributed by atoms with Gasteiger partial charge in [-0.15, -0.1) is 0 Å². The highest BCUT2D eigenvalue weighted by Crippen LogP contribution is 2.22. The van der Waals surface area contributed by atoms with Crippen LogP contribution in [0.4, 0.5) is 0 Å². The molecule has 1 aromatic carbocycles. The van der Waals surface area contributed by atoms with E-state index in [1.54, 1.807) is 6.92 Å². The van der Waals surface area contributed by atoms with Gasteiger partial charge in [0.25, 0.3) is 5.91 Å². The van der Waals surface area contributed by atoms with Crippen LogP contribution in [0.1, 0.15) is 42.7 Å². The van der Waals surface area contributed by atoms with Crippen LogP contribution in [0.15, 0.2) is 24.3 Å². The predicted molar refractivity (Wildman–Crippen MR) is 96.4 cm³/mol. The maximum Gasteiger partial charge on any atom is 0.270 e. The molecule has 1 aromatic heterocycles. The van der Waals surface area contributed by atoms with Crippen molar-refractivity contribution in [3.8, 4) is 0 Å². The minimum atomic E-state index is -0.323. The highest BCUT2D eigenvalue weighted by Gasteiger charge is 2.23. The van der Waals surface area contributed by atoms with Gasteiger partial charge in [0, 0.05) is 43.6 Å². The minimum Gasteiger partial charge on any atom is -0.392 e. The number of hydrogen-bond donors (Lipinski definition) is 2. The number of piperazine rings is 1. The Morgan fingerprint density at radius 2 is 1.88 bits per heavy atom. The van der Waals surface area contributed by atoms with Crippen molar-refractivity contribution in [2.24, 2.45) is 0 Å². The number of aliphatic hydroxyl groups excluding tert-OH is 1. The number of aliphatic hydroxyl groups is 1. The Bertz CT molecular complexity index is 712. The van der Waals surface area contributed by atoms with Gasteiger partial charge < -0.3 is 15.0 Å². The summed E-state index contributed by atoms with van der Waals surface area (Å²) in [6.45, 7) is 9.85. The zero-order chi connectivity index (χ0) is 17.3. The number of β-amino-alcohol motifs (C(OH)–C–C–N with tert-alkyl or cyclic N) is 1. The molecule has 1 atom stereocenters. The monoisotopic (exact) mass is 329 g/mol. The second-order valence-corrected chi connectivity index (χ2v) is 7.13. The molecule has 0 radical (unpaired) electrons. The number of carbonyl (C=O) groups is 1. The van der Waals surface area contributed by atoms with Crippen molar-refractivity contribution >= 4 is 16.8 Å². The summed E-state index contributed by atoms with van der Waals surface area (Å²) < 4.78 is 0. The van der Waals surface area contributed by atoms with Gasteiger partial charge in [0.1, 0.15) is 5.69 Å². The number of benzene rings is 1. The van der Waals surface area contributed by atoms with Gasteiger partial charge in [-0.2, -0.15) is 0 Å². The van der Waals surface area contributed by atoms with Crippen molar-refractivity contribution in [1.29, 1.82) is 0 Å². The van der Waals surface area contributed by atoms with Gasteiger partial charge in [-0.3, -0.25) is 9.69 Å². The Morgan fingerprint density at radius 3 is 2.50 bits per heavy atom. The lowest BCUT2D eigenvalue weighted by molar-refractivity contribution is 0.0550. The molecule has 1 aliphatic rings. The van der Waals surface area contributed by atoms with Crippen molar-refractivity contribution in [2.75, 3.05) is 32.7 Å². The number of carbonyl (C=O) groups excluding carboxylic acids is 1. The van der Waals surface area contributed by atoms with Gasteiger partial charge >= 0.3 is 0 Å². The Balaban J connectivity index is 1.70. The molecule has 3 rings (SSSR count). The number of amides is 1. The number of nitrogens with one attached hydrogen (secondary N) is 1. The summed E-state index contributed by atoms with van der Waals surface area (Å²) in [5.41, 5.74) is 2.96. The normalized spacial score (nSPS) is 17.6. The van der Waals surface area contributed by atoms with Gasteiger partial charge in [-0.05, 0) is 30.5 Å². The van der Waals surface area contributed by atoms with Crippen LogP contribution in [-0.4, -0.2) is 64.6 Å². The summed E-state index contributed by atoms with van der Waals surface area (Å²) in [5, 5.41) is 10.6. The van der Waals surface area contributed by atoms with Crippen LogP contribution in [0.5, 0.6) is 0 Å². The molecule has 130 valence electrons. The molecular formula is C19H27N3O2. The number of hydrogen-bond acceptors (Lipinski definition) is 3. The van der Waals surface area contributed by atoms with Gasteiger partial charge in [-0.25, -0.2) is 0 Å². The number of rotatable bonds is 4. The molecule has 24 heavy (non-hydrogen) atoms. The van der Waals surface area contributed by atoms with Crippen LogP contribution in [0, 0.1) is 0 Å². The van der Waals surface area contributed by atoms with Crippen molar-refractivity contribution in [3.05, 3.63) is 35.5 Å². The summed E-state index contributed by atoms with van der Waals surface area (Å²) >= 11 is 0. The lowest BCUT2D eigenvalue weighted by Crippen LogP contribution is -2.50. The van der Waals surface area contributed by atoms with Gasteiger partial charge in [0.2, 0.25) is 0 Å². The van der Waals surface area contributed by atoms with Crippen LogP contribution in [0.25, 0.3) is 10.9 Å². The first-order chi connectivity index (χ1) is 11.4. The Labute approximate surface area is 143 Å². The number of nitrogens with zero attached hydrogens (tertiary/aromatic N) is 2. The molecular weight excluding hydrogens is 302 g/mol. The SMILES string of the molecule is CC(O)CN1CCN(C(=O)c2cc3ccc(C(C)C)cc3[nH]2)CC1. The second-order valence-electron chi connectivity index (χ2n) is 7.13. The number of fused-ring (bicyclic) bond motifs is 1. The topological polar surface area (TPSA) is 59.6 Å². The van der Waals surface area contributed by atoms with E-state index < -0.39 is 0 Å². The average Bonchev–Trinajstić information content (AvgIpc) is 2.97. The molecule has 5 nitrogen and oxygen atoms in total. The number of H-pyrrole nitrogens is 1. The van der Waals surface area contributed by atoms with E-state index in [1.165, 1.54) is 5.56 Å². The van der Waals surface area contributed by atoms with E-state index >= 15 is 0 Å². The first-order valence-electron chi connectivity index (χ1n) is 8.76. The molecule has 2 aromatic rings. The third kappa shape index (κ3) is 3.62. The zero-order valence-corrected chi connectivity index (χ0v) is 14.7. The molecule has 0 bridgehead atoms. The molecule has 0 spiro atoms. The largest absolute Gasteiger partial charge is 0.392 e. The van der Waals surface area contributed by atoms with Crippen molar-refractivity contribution in [1.82, 2.24) is 14.8 Å². The second kappa shape index (κ2) is 6.95. The summed E-state index contributed by atoms with van der Waals surface area (Å²) in [7, 11) is 0. The lowest BCUT2D eigenvalue weighted by atomic mass is 10.0. The third-order valence-corrected chi connectivity index (χ3v) is 4.73. The van der Waals surface area contributed by atoms with E-state index in [9.17, 15) is 9.90 Å². The molecule has 1 unspecified atom stereocenters.